The minimum atomic E-state index is -1.28. The van der Waals surface area contributed by atoms with E-state index in [9.17, 15) is 24.6 Å². The predicted molar refractivity (Wildman–Crippen MR) is 213 cm³/mol. The summed E-state index contributed by atoms with van der Waals surface area (Å²) in [5, 5.41) is 22.8. The van der Waals surface area contributed by atoms with Crippen molar-refractivity contribution in [1.29, 1.82) is 0 Å². The average molecular weight is 908 g/mol. The van der Waals surface area contributed by atoms with Gasteiger partial charge in [0.1, 0.15) is 18.0 Å². The predicted octanol–water partition coefficient (Wildman–Crippen LogP) is 4.03. The van der Waals surface area contributed by atoms with Crippen LogP contribution in [0.5, 0.6) is 0 Å². The Bertz CT molecular complexity index is 1430. The maximum atomic E-state index is 14.4. The molecule has 0 unspecified atom stereocenters. The first kappa shape index (κ1) is 47.2. The highest BCUT2D eigenvalue weighted by Crippen LogP contribution is 2.47. The molecule has 0 aliphatic carbocycles. The van der Waals surface area contributed by atoms with Gasteiger partial charge in [0.2, 0.25) is 0 Å². The standard InChI is InChI=1S/C41H66INO13/c1-14-15-16-43(11)28-17-22(3)51-37(32(28)46)54-35-24(5)33(53-30-20-39(8,49-12)34(47)26(7)52-30)25(6)36(48)55-38(42)41(10)27(18-29(44)56-41)23(4)31(45)21(2)19-40(35,9)50-13/h1,21-28,30,32-35,37-38,46-47H,15-20H2,2-13H3/t21-,22-,23-,24+,25-,26+,27-,28+,30+,32-,33+,34+,35-,37+,38+,39-,40-,41+/m1/s1. The van der Waals surface area contributed by atoms with Gasteiger partial charge in [-0.3, -0.25) is 19.3 Å². The van der Waals surface area contributed by atoms with E-state index in [0.717, 1.165) is 0 Å². The number of nitrogens with zero attached hydrogens (tertiary/aromatic N) is 1. The molecule has 0 amide bonds. The van der Waals surface area contributed by atoms with Crippen LogP contribution in [-0.4, -0.2) is 137 Å². The van der Waals surface area contributed by atoms with Gasteiger partial charge >= 0.3 is 11.9 Å². The van der Waals surface area contributed by atoms with Crippen molar-refractivity contribution in [3.63, 3.8) is 0 Å². The molecular weight excluding hydrogens is 841 g/mol. The van der Waals surface area contributed by atoms with Gasteiger partial charge in [-0.05, 0) is 84.0 Å². The second-order valence-corrected chi connectivity index (χ2v) is 18.5. The molecule has 4 rings (SSSR count). The van der Waals surface area contributed by atoms with E-state index < -0.39 is 106 Å². The van der Waals surface area contributed by atoms with Crippen molar-refractivity contribution >= 4 is 40.3 Å². The van der Waals surface area contributed by atoms with Gasteiger partial charge < -0.3 is 48.1 Å². The van der Waals surface area contributed by atoms with Crippen molar-refractivity contribution in [2.75, 3.05) is 27.8 Å². The number of ketones is 1. The van der Waals surface area contributed by atoms with Crippen LogP contribution < -0.4 is 0 Å². The SMILES string of the molecule is C#CCCN(C)[C@H]1C[C@@H](C)O[C@@H](O[C@@H]2[C@@H](C)[C@H](O[C@H]3C[C@@](C)(OC)[C@@H](O)[C@H](C)O3)[C@@H](C)C(=O)O[C@H](I)[C@@]3(C)OC(=O)C[C@@H]3[C@@H](C)C(=O)[C@H](C)C[C@@]2(C)OC)[C@@H]1O. The molecule has 0 aromatic carbocycles. The zero-order valence-corrected chi connectivity index (χ0v) is 37.3. The number of hydrogen-bond acceptors (Lipinski definition) is 14. The summed E-state index contributed by atoms with van der Waals surface area (Å²) in [6.07, 6.45) is -0.149. The monoisotopic (exact) mass is 907 g/mol. The highest BCUT2D eigenvalue weighted by molar-refractivity contribution is 14.1. The molecule has 14 nitrogen and oxygen atoms in total. The van der Waals surface area contributed by atoms with Crippen molar-refractivity contribution in [3.8, 4) is 12.3 Å². The number of fused-ring (bicyclic) bond motifs is 1. The normalized spacial score (nSPS) is 47.1. The number of aliphatic hydroxyl groups excluding tert-OH is 2. The van der Waals surface area contributed by atoms with E-state index in [-0.39, 0.29) is 37.2 Å². The Balaban J connectivity index is 1.84. The fourth-order valence-electron chi connectivity index (χ4n) is 9.36. The quantitative estimate of drug-likeness (QED) is 0.147. The molecule has 0 spiro atoms. The fraction of sp³-hybridized carbons (Fsp3) is 0.878. The molecule has 56 heavy (non-hydrogen) atoms. The maximum absolute atomic E-state index is 14.4. The van der Waals surface area contributed by atoms with Crippen LogP contribution >= 0.6 is 22.6 Å². The second-order valence-electron chi connectivity index (χ2n) is 17.3. The van der Waals surface area contributed by atoms with E-state index >= 15 is 0 Å². The van der Waals surface area contributed by atoms with Crippen molar-refractivity contribution in [2.24, 2.45) is 29.6 Å². The molecule has 0 aromatic heterocycles. The number of ether oxygens (including phenoxy) is 8. The van der Waals surface area contributed by atoms with Crippen LogP contribution in [-0.2, 0) is 52.3 Å². The summed E-state index contributed by atoms with van der Waals surface area (Å²) in [6, 6.07) is -0.344. The van der Waals surface area contributed by atoms with Gasteiger partial charge in [-0.15, -0.1) is 12.3 Å². The van der Waals surface area contributed by atoms with Crippen LogP contribution in [0, 0.1) is 41.9 Å². The molecule has 4 aliphatic heterocycles. The fourth-order valence-corrected chi connectivity index (χ4v) is 10.2. The number of esters is 2. The average Bonchev–Trinajstić information content (AvgIpc) is 3.47. The summed E-state index contributed by atoms with van der Waals surface area (Å²) in [7, 11) is 4.95. The van der Waals surface area contributed by atoms with Crippen molar-refractivity contribution in [2.45, 2.75) is 171 Å². The third-order valence-corrected chi connectivity index (χ3v) is 14.6. The van der Waals surface area contributed by atoms with Crippen LogP contribution in [0.1, 0.15) is 94.4 Å². The highest BCUT2D eigenvalue weighted by atomic mass is 127. The Labute approximate surface area is 346 Å². The lowest BCUT2D eigenvalue weighted by Crippen LogP contribution is -2.61. The van der Waals surface area contributed by atoms with Crippen LogP contribution in [0.2, 0.25) is 0 Å². The number of terminal acetylenes is 1. The van der Waals surface area contributed by atoms with E-state index in [1.165, 1.54) is 14.2 Å². The summed E-state index contributed by atoms with van der Waals surface area (Å²) in [5.74, 6) is -2.03. The minimum absolute atomic E-state index is 0.00778. The molecule has 320 valence electrons. The summed E-state index contributed by atoms with van der Waals surface area (Å²) in [4.78, 5) is 43.6. The number of carbonyl (C=O) groups excluding carboxylic acids is 3. The van der Waals surface area contributed by atoms with Gasteiger partial charge in [-0.2, -0.15) is 0 Å². The van der Waals surface area contributed by atoms with Gasteiger partial charge in [0.15, 0.2) is 22.3 Å². The lowest BCUT2D eigenvalue weighted by Gasteiger charge is -2.50. The molecule has 2 N–H and O–H groups in total. The third kappa shape index (κ3) is 9.77. The van der Waals surface area contributed by atoms with Gasteiger partial charge in [0.05, 0.1) is 48.0 Å². The number of aliphatic hydroxyl groups is 2. The third-order valence-electron chi connectivity index (χ3n) is 13.2. The molecule has 4 saturated heterocycles. The Hall–Kier alpha value is -1.46. The molecule has 0 aromatic rings. The number of halogens is 1. The molecular formula is C41H66INO13. The molecule has 4 heterocycles. The van der Waals surface area contributed by atoms with Gasteiger partial charge in [-0.25, -0.2) is 0 Å². The summed E-state index contributed by atoms with van der Waals surface area (Å²) >= 11 is 1.97. The number of Topliss-reactive ketones (excluding diaryl/α,β-unsaturated/α-hetero) is 1. The molecule has 0 bridgehead atoms. The van der Waals surface area contributed by atoms with Crippen molar-refractivity contribution in [3.05, 3.63) is 0 Å². The number of methoxy groups -OCH3 is 2. The number of cyclic esters (lactones) is 1. The topological polar surface area (TPSA) is 169 Å². The summed E-state index contributed by atoms with van der Waals surface area (Å²) in [6.45, 7) is 16.7. The van der Waals surface area contributed by atoms with Gasteiger partial charge in [0.25, 0.3) is 0 Å². The van der Waals surface area contributed by atoms with Crippen molar-refractivity contribution in [1.82, 2.24) is 4.90 Å². The number of rotatable bonds is 9. The van der Waals surface area contributed by atoms with E-state index in [4.69, 9.17) is 44.3 Å². The number of carbonyl (C=O) groups is 3. The summed E-state index contributed by atoms with van der Waals surface area (Å²) in [5.41, 5.74) is -3.54. The van der Waals surface area contributed by atoms with E-state index in [1.807, 2.05) is 62.2 Å². The van der Waals surface area contributed by atoms with E-state index in [2.05, 4.69) is 5.92 Å². The van der Waals surface area contributed by atoms with Crippen molar-refractivity contribution < 1.29 is 62.5 Å². The first-order valence-electron chi connectivity index (χ1n) is 19.9. The first-order chi connectivity index (χ1) is 26.1. The second kappa shape index (κ2) is 18.9. The highest BCUT2D eigenvalue weighted by Gasteiger charge is 2.58. The lowest BCUT2D eigenvalue weighted by molar-refractivity contribution is -0.319. The van der Waals surface area contributed by atoms with Gasteiger partial charge in [0, 0.05) is 63.3 Å². The number of alkyl halides is 1. The van der Waals surface area contributed by atoms with Crippen LogP contribution in [0.4, 0.5) is 0 Å². The number of hydrogen-bond donors (Lipinski definition) is 2. The molecule has 15 heteroatoms. The first-order valence-corrected chi connectivity index (χ1v) is 21.1. The van der Waals surface area contributed by atoms with E-state index in [0.29, 0.717) is 19.4 Å². The molecule has 4 aliphatic rings. The minimum Gasteiger partial charge on any atom is -0.454 e. The van der Waals surface area contributed by atoms with Crippen LogP contribution in [0.25, 0.3) is 0 Å². The Morgan fingerprint density at radius 3 is 2.20 bits per heavy atom. The summed E-state index contributed by atoms with van der Waals surface area (Å²) < 4.78 is 49.4. The Morgan fingerprint density at radius 1 is 0.946 bits per heavy atom. The van der Waals surface area contributed by atoms with Crippen LogP contribution in [0.3, 0.4) is 0 Å². The zero-order valence-electron chi connectivity index (χ0n) is 35.2. The Kier molecular flexibility index (Phi) is 15.9. The number of likely N-dealkylation sites (N-methyl/N-ethyl adjacent to an activating group) is 1. The van der Waals surface area contributed by atoms with Gasteiger partial charge in [-0.1, -0.05) is 20.8 Å². The lowest BCUT2D eigenvalue weighted by atomic mass is 9.72. The molecule has 4 fully saturated rings. The largest absolute Gasteiger partial charge is 0.454 e. The molecule has 0 saturated carbocycles. The molecule has 0 radical (unpaired) electrons. The zero-order chi connectivity index (χ0) is 42.1. The van der Waals surface area contributed by atoms with Crippen LogP contribution in [0.15, 0.2) is 0 Å². The maximum Gasteiger partial charge on any atom is 0.312 e. The Morgan fingerprint density at radius 2 is 1.59 bits per heavy atom. The van der Waals surface area contributed by atoms with E-state index in [1.54, 1.807) is 34.6 Å². The molecule has 18 atom stereocenters. The smallest absolute Gasteiger partial charge is 0.312 e.